The average molecular weight is 516 g/mol. The Kier molecular flexibility index (Phi) is 8.03. The third kappa shape index (κ3) is 7.67. The van der Waals surface area contributed by atoms with Gasteiger partial charge in [0.2, 0.25) is 27.8 Å². The zero-order valence-electron chi connectivity index (χ0n) is 19.5. The summed E-state index contributed by atoms with van der Waals surface area (Å²) >= 11 is 0. The van der Waals surface area contributed by atoms with Crippen molar-refractivity contribution in [3.63, 3.8) is 0 Å². The molecule has 10 nitrogen and oxygen atoms in total. The zero-order valence-corrected chi connectivity index (χ0v) is 20.3. The lowest BCUT2D eigenvalue weighted by Crippen LogP contribution is -2.37. The van der Waals surface area contributed by atoms with Gasteiger partial charge in [-0.1, -0.05) is 12.5 Å². The van der Waals surface area contributed by atoms with Crippen molar-refractivity contribution in [2.24, 2.45) is 5.92 Å². The number of halogens is 3. The molecule has 1 aromatic carbocycles. The SMILES string of the molecule is CNc1nc(C)nc(N[C@@H]2CCC[C@H](C(=O)NCc3ccc(NS(C)(=O)=O)cc3C(F)(F)F)C2)n1. The number of aryl methyl sites for hydroxylation is 1. The Labute approximate surface area is 201 Å². The molecule has 1 aliphatic rings. The number of amides is 1. The number of hydrogen-bond acceptors (Lipinski definition) is 8. The minimum atomic E-state index is -4.72. The van der Waals surface area contributed by atoms with Crippen molar-refractivity contribution in [2.75, 3.05) is 28.7 Å². The molecule has 1 amide bonds. The van der Waals surface area contributed by atoms with Gasteiger partial charge < -0.3 is 16.0 Å². The second kappa shape index (κ2) is 10.6. The maximum Gasteiger partial charge on any atom is 0.416 e. The summed E-state index contributed by atoms with van der Waals surface area (Å²) in [5.41, 5.74) is -1.37. The molecule has 1 aliphatic carbocycles. The van der Waals surface area contributed by atoms with E-state index in [1.807, 2.05) is 4.72 Å². The lowest BCUT2D eigenvalue weighted by molar-refractivity contribution is -0.138. The van der Waals surface area contributed by atoms with Crippen molar-refractivity contribution in [1.82, 2.24) is 20.3 Å². The Balaban J connectivity index is 1.65. The van der Waals surface area contributed by atoms with Gasteiger partial charge in [0.05, 0.1) is 11.8 Å². The lowest BCUT2D eigenvalue weighted by atomic mass is 9.85. The van der Waals surface area contributed by atoms with Crippen molar-refractivity contribution < 1.29 is 26.4 Å². The fourth-order valence-corrected chi connectivity index (χ4v) is 4.55. The first kappa shape index (κ1) is 26.4. The monoisotopic (exact) mass is 515 g/mol. The van der Waals surface area contributed by atoms with E-state index >= 15 is 0 Å². The highest BCUT2D eigenvalue weighted by atomic mass is 32.2. The first-order valence-corrected chi connectivity index (χ1v) is 12.9. The number of alkyl halides is 3. The smallest absolute Gasteiger partial charge is 0.357 e. The molecule has 0 radical (unpaired) electrons. The van der Waals surface area contributed by atoms with Crippen LogP contribution in [0.3, 0.4) is 0 Å². The minimum Gasteiger partial charge on any atom is -0.357 e. The molecule has 0 spiro atoms. The molecule has 192 valence electrons. The molecule has 1 saturated carbocycles. The summed E-state index contributed by atoms with van der Waals surface area (Å²) in [4.78, 5) is 25.4. The van der Waals surface area contributed by atoms with E-state index in [-0.39, 0.29) is 35.7 Å². The van der Waals surface area contributed by atoms with Crippen LogP contribution in [0.25, 0.3) is 0 Å². The second-order valence-electron chi connectivity index (χ2n) is 8.45. The minimum absolute atomic E-state index is 0.0712. The van der Waals surface area contributed by atoms with E-state index in [4.69, 9.17) is 0 Å². The number of rotatable bonds is 8. The van der Waals surface area contributed by atoms with Gasteiger partial charge in [-0.25, -0.2) is 8.42 Å². The summed E-state index contributed by atoms with van der Waals surface area (Å²) in [5, 5.41) is 8.68. The van der Waals surface area contributed by atoms with Gasteiger partial charge in [0.15, 0.2) is 0 Å². The zero-order chi connectivity index (χ0) is 25.8. The lowest BCUT2D eigenvalue weighted by Gasteiger charge is -2.29. The van der Waals surface area contributed by atoms with Gasteiger partial charge in [-0.2, -0.15) is 28.1 Å². The molecule has 0 unspecified atom stereocenters. The van der Waals surface area contributed by atoms with Crippen molar-refractivity contribution in [3.05, 3.63) is 35.2 Å². The molecule has 4 N–H and O–H groups in total. The first-order chi connectivity index (χ1) is 16.3. The Morgan fingerprint density at radius 1 is 1.14 bits per heavy atom. The average Bonchev–Trinajstić information content (AvgIpc) is 2.76. The highest BCUT2D eigenvalue weighted by Gasteiger charge is 2.34. The van der Waals surface area contributed by atoms with Gasteiger partial charge in [-0.3, -0.25) is 9.52 Å². The number of hydrogen-bond donors (Lipinski definition) is 4. The number of nitrogens with one attached hydrogen (secondary N) is 4. The molecule has 35 heavy (non-hydrogen) atoms. The Bertz CT molecular complexity index is 1180. The van der Waals surface area contributed by atoms with Crippen LogP contribution in [-0.4, -0.2) is 48.6 Å². The van der Waals surface area contributed by atoms with E-state index < -0.39 is 21.8 Å². The van der Waals surface area contributed by atoms with Gasteiger partial charge in [0, 0.05) is 31.2 Å². The number of carbonyl (C=O) groups is 1. The van der Waals surface area contributed by atoms with E-state index in [2.05, 4.69) is 30.9 Å². The molecular formula is C21H28F3N7O3S. The highest BCUT2D eigenvalue weighted by Crippen LogP contribution is 2.34. The van der Waals surface area contributed by atoms with Crippen LogP contribution in [0.1, 0.15) is 42.6 Å². The van der Waals surface area contributed by atoms with Crippen LogP contribution in [0, 0.1) is 12.8 Å². The summed E-state index contributed by atoms with van der Waals surface area (Å²) in [7, 11) is -2.04. The predicted octanol–water partition coefficient (Wildman–Crippen LogP) is 2.90. The molecule has 1 fully saturated rings. The predicted molar refractivity (Wildman–Crippen MR) is 125 cm³/mol. The summed E-state index contributed by atoms with van der Waals surface area (Å²) in [6.45, 7) is 1.41. The molecule has 14 heteroatoms. The van der Waals surface area contributed by atoms with Crippen LogP contribution < -0.4 is 20.7 Å². The van der Waals surface area contributed by atoms with Crippen LogP contribution in [0.4, 0.5) is 30.8 Å². The standard InChI is InChI=1S/C21H28F3N7O3S/c1-12-27-19(25-2)30-20(28-12)29-15-6-4-5-13(9-15)18(32)26-11-14-7-8-16(31-35(3,33)34)10-17(14)21(22,23)24/h7-8,10,13,15,31H,4-6,9,11H2,1-3H3,(H,26,32)(H2,25,27,28,29,30)/t13-,15+/m0/s1. The number of carbonyl (C=O) groups excluding carboxylic acids is 1. The summed E-state index contributed by atoms with van der Waals surface area (Å²) in [6, 6.07) is 3.04. The van der Waals surface area contributed by atoms with E-state index in [1.165, 1.54) is 6.07 Å². The topological polar surface area (TPSA) is 138 Å². The summed E-state index contributed by atoms with van der Waals surface area (Å²) in [6.07, 6.45) is -1.21. The van der Waals surface area contributed by atoms with Crippen LogP contribution in [0.5, 0.6) is 0 Å². The molecular weight excluding hydrogens is 487 g/mol. The third-order valence-electron chi connectivity index (χ3n) is 5.52. The molecule has 0 bridgehead atoms. The number of nitrogens with zero attached hydrogens (tertiary/aromatic N) is 3. The van der Waals surface area contributed by atoms with Crippen LogP contribution in [-0.2, 0) is 27.5 Å². The van der Waals surface area contributed by atoms with Gasteiger partial charge in [0.25, 0.3) is 0 Å². The maximum absolute atomic E-state index is 13.6. The molecule has 0 saturated heterocycles. The number of benzene rings is 1. The van der Waals surface area contributed by atoms with Gasteiger partial charge in [-0.05, 0) is 43.9 Å². The Hall–Kier alpha value is -3.16. The van der Waals surface area contributed by atoms with Crippen molar-refractivity contribution >= 4 is 33.5 Å². The molecule has 1 heterocycles. The van der Waals surface area contributed by atoms with E-state index in [9.17, 15) is 26.4 Å². The quantitative estimate of drug-likeness (QED) is 0.421. The van der Waals surface area contributed by atoms with Crippen LogP contribution in [0.15, 0.2) is 18.2 Å². The Morgan fingerprint density at radius 3 is 2.51 bits per heavy atom. The van der Waals surface area contributed by atoms with Gasteiger partial charge in [-0.15, -0.1) is 0 Å². The largest absolute Gasteiger partial charge is 0.416 e. The van der Waals surface area contributed by atoms with Crippen LogP contribution in [0.2, 0.25) is 0 Å². The summed E-state index contributed by atoms with van der Waals surface area (Å²) in [5.74, 6) is 0.628. The molecule has 3 rings (SSSR count). The molecule has 1 aromatic heterocycles. The van der Waals surface area contributed by atoms with Crippen molar-refractivity contribution in [1.29, 1.82) is 0 Å². The van der Waals surface area contributed by atoms with E-state index in [0.29, 0.717) is 30.6 Å². The van der Waals surface area contributed by atoms with E-state index in [1.54, 1.807) is 14.0 Å². The Morgan fingerprint density at radius 2 is 1.86 bits per heavy atom. The van der Waals surface area contributed by atoms with Gasteiger partial charge in [0.1, 0.15) is 5.82 Å². The third-order valence-corrected chi connectivity index (χ3v) is 6.13. The normalized spacial score (nSPS) is 18.6. The molecule has 2 aromatic rings. The van der Waals surface area contributed by atoms with Crippen molar-refractivity contribution in [3.8, 4) is 0 Å². The number of aromatic nitrogens is 3. The van der Waals surface area contributed by atoms with Crippen molar-refractivity contribution in [2.45, 2.75) is 51.4 Å². The first-order valence-electron chi connectivity index (χ1n) is 11.0. The van der Waals surface area contributed by atoms with E-state index in [0.717, 1.165) is 31.2 Å². The molecule has 2 atom stereocenters. The number of sulfonamides is 1. The fourth-order valence-electron chi connectivity index (χ4n) is 4.00. The summed E-state index contributed by atoms with van der Waals surface area (Å²) < 4.78 is 65.4. The fraction of sp³-hybridized carbons (Fsp3) is 0.524. The molecule has 0 aliphatic heterocycles. The van der Waals surface area contributed by atoms with Gasteiger partial charge >= 0.3 is 6.18 Å². The number of anilines is 3. The maximum atomic E-state index is 13.6. The second-order valence-corrected chi connectivity index (χ2v) is 10.2. The highest BCUT2D eigenvalue weighted by molar-refractivity contribution is 7.92. The van der Waals surface area contributed by atoms with Crippen LogP contribution >= 0.6 is 0 Å².